The lowest BCUT2D eigenvalue weighted by Crippen LogP contribution is -2.41. The van der Waals surface area contributed by atoms with Crippen LogP contribution in [0.25, 0.3) is 43.5 Å². The van der Waals surface area contributed by atoms with Crippen molar-refractivity contribution in [3.63, 3.8) is 0 Å². The molecule has 5 aromatic rings. The Morgan fingerprint density at radius 3 is 1.57 bits per heavy atom. The van der Waals surface area contributed by atoms with Gasteiger partial charge in [-0.3, -0.25) is 43.9 Å². The number of pyridine rings is 4. The van der Waals surface area contributed by atoms with Gasteiger partial charge in [0.25, 0.3) is 23.6 Å². The smallest absolute Gasteiger partial charge is 0.274 e. The molecule has 4 amide bonds. The second kappa shape index (κ2) is 10.0. The van der Waals surface area contributed by atoms with Crippen LogP contribution in [0.1, 0.15) is 107 Å². The zero-order valence-electron chi connectivity index (χ0n) is 23.7. The average molecular weight is 563 g/mol. The van der Waals surface area contributed by atoms with Gasteiger partial charge in [0.2, 0.25) is 0 Å². The van der Waals surface area contributed by atoms with Crippen LogP contribution in [0.4, 0.5) is 0 Å². The van der Waals surface area contributed by atoms with Gasteiger partial charge in [0, 0.05) is 64.8 Å². The van der Waals surface area contributed by atoms with Crippen LogP contribution in [0.5, 0.6) is 0 Å². The van der Waals surface area contributed by atoms with E-state index in [0.717, 1.165) is 51.4 Å². The standard InChI is InChI=1S/C32H30N6O4/c1-3-5-7-9-11-37-29(39)18-14-33-25-17-13-36-28-23-20(31(41)38(32(28)42)12-10-8-6-4-2)16-34-26(22(17)23)27-24(25)21(18)19(15-35-27)30(37)40/h13-16H,3-12H2,1-2H3. The Labute approximate surface area is 241 Å². The molecule has 6 heterocycles. The first kappa shape index (κ1) is 26.3. The molecule has 0 bridgehead atoms. The third-order valence-corrected chi connectivity index (χ3v) is 8.64. The molecule has 0 unspecified atom stereocenters. The monoisotopic (exact) mass is 562 g/mol. The molecule has 0 radical (unpaired) electrons. The molecule has 10 heteroatoms. The lowest BCUT2D eigenvalue weighted by molar-refractivity contribution is 0.0590. The minimum Gasteiger partial charge on any atom is -0.274 e. The van der Waals surface area contributed by atoms with Crippen molar-refractivity contribution in [1.29, 1.82) is 0 Å². The molecule has 0 N–H and O–H groups in total. The fraction of sp³-hybridized carbons (Fsp3) is 0.375. The van der Waals surface area contributed by atoms with Crippen LogP contribution in [0, 0.1) is 0 Å². The zero-order valence-corrected chi connectivity index (χ0v) is 23.7. The van der Waals surface area contributed by atoms with Gasteiger partial charge in [-0.25, -0.2) is 4.98 Å². The van der Waals surface area contributed by atoms with Crippen molar-refractivity contribution in [2.75, 3.05) is 13.1 Å². The van der Waals surface area contributed by atoms with Crippen molar-refractivity contribution >= 4 is 67.1 Å². The van der Waals surface area contributed by atoms with Gasteiger partial charge in [0.05, 0.1) is 33.2 Å². The molecular weight excluding hydrogens is 532 g/mol. The molecule has 0 saturated carbocycles. The number of amides is 4. The Kier molecular flexibility index (Phi) is 6.29. The number of carbonyl (C=O) groups excluding carboxylic acids is 4. The molecule has 0 fully saturated rings. The Morgan fingerprint density at radius 2 is 1.00 bits per heavy atom. The number of fused-ring (bicyclic) bond motifs is 2. The Hall–Kier alpha value is -4.60. The summed E-state index contributed by atoms with van der Waals surface area (Å²) in [6.45, 7) is 4.90. The van der Waals surface area contributed by atoms with Crippen molar-refractivity contribution in [2.24, 2.45) is 0 Å². The first-order valence-corrected chi connectivity index (χ1v) is 14.8. The summed E-state index contributed by atoms with van der Waals surface area (Å²) in [5.74, 6) is -1.52. The van der Waals surface area contributed by atoms with Crippen LogP contribution in [0.2, 0.25) is 0 Å². The van der Waals surface area contributed by atoms with Gasteiger partial charge in [-0.15, -0.1) is 0 Å². The van der Waals surface area contributed by atoms with E-state index in [1.165, 1.54) is 28.4 Å². The first-order chi connectivity index (χ1) is 20.5. The van der Waals surface area contributed by atoms with Crippen molar-refractivity contribution in [3.8, 4) is 0 Å². The van der Waals surface area contributed by atoms with Gasteiger partial charge in [0.1, 0.15) is 5.69 Å². The van der Waals surface area contributed by atoms with Crippen LogP contribution in [0.3, 0.4) is 0 Å². The number of nitrogens with zero attached hydrogens (tertiary/aromatic N) is 6. The van der Waals surface area contributed by atoms with Gasteiger partial charge in [-0.05, 0) is 12.8 Å². The minimum atomic E-state index is -0.417. The molecule has 0 spiro atoms. The number of hydrogen-bond acceptors (Lipinski definition) is 8. The minimum absolute atomic E-state index is 0.209. The van der Waals surface area contributed by atoms with E-state index >= 15 is 0 Å². The highest BCUT2D eigenvalue weighted by molar-refractivity contribution is 6.38. The largest absolute Gasteiger partial charge is 0.279 e. The highest BCUT2D eigenvalue weighted by Crippen LogP contribution is 2.43. The number of imide groups is 2. The topological polar surface area (TPSA) is 126 Å². The van der Waals surface area contributed by atoms with E-state index in [-0.39, 0.29) is 23.4 Å². The highest BCUT2D eigenvalue weighted by atomic mass is 16.2. The zero-order chi connectivity index (χ0) is 29.1. The maximum atomic E-state index is 13.5. The van der Waals surface area contributed by atoms with Gasteiger partial charge in [-0.2, -0.15) is 0 Å². The lowest BCUT2D eigenvalue weighted by atomic mass is 9.90. The van der Waals surface area contributed by atoms with Crippen LogP contribution < -0.4 is 0 Å². The molecular formula is C32H30N6O4. The second-order valence-electron chi connectivity index (χ2n) is 11.2. The van der Waals surface area contributed by atoms with Crippen LogP contribution in [0.15, 0.2) is 24.8 Å². The summed E-state index contributed by atoms with van der Waals surface area (Å²) >= 11 is 0. The van der Waals surface area contributed by atoms with E-state index < -0.39 is 5.91 Å². The molecule has 10 nitrogen and oxygen atoms in total. The SMILES string of the molecule is CCCCCCN1C(=O)c2cnc3c4ncc5c6c(cnc(c7cnc(c2c73)C1=O)c64)C(=O)N(CCCCCC)C5=O. The molecule has 42 heavy (non-hydrogen) atoms. The molecule has 2 aliphatic heterocycles. The number of benzene rings is 1. The van der Waals surface area contributed by atoms with E-state index in [9.17, 15) is 19.2 Å². The molecule has 4 aromatic heterocycles. The summed E-state index contributed by atoms with van der Waals surface area (Å²) in [5, 5.41) is 2.70. The fourth-order valence-corrected chi connectivity index (χ4v) is 6.50. The van der Waals surface area contributed by atoms with Gasteiger partial charge >= 0.3 is 0 Å². The van der Waals surface area contributed by atoms with Crippen molar-refractivity contribution < 1.29 is 19.2 Å². The summed E-state index contributed by atoms with van der Waals surface area (Å²) in [7, 11) is 0. The number of carbonyl (C=O) groups is 4. The molecule has 2 aliphatic rings. The predicted octanol–water partition coefficient (Wildman–Crippen LogP) is 5.67. The normalized spacial score (nSPS) is 15.0. The van der Waals surface area contributed by atoms with E-state index in [4.69, 9.17) is 4.98 Å². The van der Waals surface area contributed by atoms with Crippen molar-refractivity contribution in [3.05, 3.63) is 47.2 Å². The van der Waals surface area contributed by atoms with Crippen LogP contribution in [-0.2, 0) is 0 Å². The van der Waals surface area contributed by atoms with Crippen molar-refractivity contribution in [1.82, 2.24) is 29.7 Å². The number of aromatic nitrogens is 4. The van der Waals surface area contributed by atoms with E-state index in [1.54, 1.807) is 6.20 Å². The van der Waals surface area contributed by atoms with E-state index in [1.807, 2.05) is 0 Å². The molecule has 0 atom stereocenters. The third-order valence-electron chi connectivity index (χ3n) is 8.64. The van der Waals surface area contributed by atoms with Crippen molar-refractivity contribution in [2.45, 2.75) is 65.2 Å². The number of unbranched alkanes of at least 4 members (excludes halogenated alkanes) is 6. The quantitative estimate of drug-likeness (QED) is 0.0922. The molecule has 7 rings (SSSR count). The summed E-state index contributed by atoms with van der Waals surface area (Å²) < 4.78 is 0. The fourth-order valence-electron chi connectivity index (χ4n) is 6.50. The maximum absolute atomic E-state index is 13.5. The van der Waals surface area contributed by atoms with Gasteiger partial charge in [-0.1, -0.05) is 52.4 Å². The molecule has 212 valence electrons. The Morgan fingerprint density at radius 1 is 0.500 bits per heavy atom. The summed E-state index contributed by atoms with van der Waals surface area (Å²) in [6.07, 6.45) is 13.6. The van der Waals surface area contributed by atoms with Crippen LogP contribution in [-0.4, -0.2) is 66.5 Å². The van der Waals surface area contributed by atoms with Gasteiger partial charge < -0.3 is 0 Å². The number of hydrogen-bond donors (Lipinski definition) is 0. The van der Waals surface area contributed by atoms with E-state index in [0.29, 0.717) is 73.3 Å². The average Bonchev–Trinajstić information content (AvgIpc) is 3.01. The third kappa shape index (κ3) is 3.63. The molecule has 0 saturated heterocycles. The highest BCUT2D eigenvalue weighted by Gasteiger charge is 2.38. The molecule has 0 aliphatic carbocycles. The predicted molar refractivity (Wildman–Crippen MR) is 158 cm³/mol. The van der Waals surface area contributed by atoms with E-state index in [2.05, 4.69) is 28.8 Å². The lowest BCUT2D eigenvalue weighted by Gasteiger charge is -2.28. The Bertz CT molecular complexity index is 1710. The summed E-state index contributed by atoms with van der Waals surface area (Å²) in [5.41, 5.74) is 2.69. The maximum Gasteiger partial charge on any atom is 0.279 e. The Balaban J connectivity index is 1.40. The summed E-state index contributed by atoms with van der Waals surface area (Å²) in [6, 6.07) is 0. The number of rotatable bonds is 10. The molecule has 1 aromatic carbocycles. The second-order valence-corrected chi connectivity index (χ2v) is 11.2. The van der Waals surface area contributed by atoms with Crippen LogP contribution >= 0.6 is 0 Å². The summed E-state index contributed by atoms with van der Waals surface area (Å²) in [4.78, 5) is 75.3. The first-order valence-electron chi connectivity index (χ1n) is 14.8. The van der Waals surface area contributed by atoms with Gasteiger partial charge in [0.15, 0.2) is 0 Å².